The highest BCUT2D eigenvalue weighted by Crippen LogP contribution is 2.09. The molecular formula is C6H14O5S. The summed E-state index contributed by atoms with van der Waals surface area (Å²) in [6, 6.07) is 0. The Labute approximate surface area is 72.1 Å². The molecule has 0 saturated carbocycles. The number of aliphatic hydroxyl groups is 1. The van der Waals surface area contributed by atoms with E-state index in [-0.39, 0.29) is 12.7 Å². The largest absolute Gasteiger partial charge is 0.394 e. The van der Waals surface area contributed by atoms with Gasteiger partial charge < -0.3 is 9.84 Å². The Balaban J connectivity index is 0.000000217. The number of hydrogen-bond acceptors (Lipinski definition) is 4. The van der Waals surface area contributed by atoms with E-state index < -0.39 is 10.1 Å². The first-order valence-electron chi connectivity index (χ1n) is 3.58. The van der Waals surface area contributed by atoms with E-state index in [4.69, 9.17) is 14.4 Å². The molecule has 0 aromatic heterocycles. The van der Waals surface area contributed by atoms with Gasteiger partial charge in [0.05, 0.1) is 19.0 Å². The molecule has 5 nitrogen and oxygen atoms in total. The van der Waals surface area contributed by atoms with Crippen molar-refractivity contribution in [1.82, 2.24) is 0 Å². The number of rotatable bonds is 1. The molecule has 12 heavy (non-hydrogen) atoms. The lowest BCUT2D eigenvalue weighted by atomic mass is 10.2. The summed E-state index contributed by atoms with van der Waals surface area (Å²) in [6.07, 6.45) is 3.02. The predicted octanol–water partition coefficient (Wildman–Crippen LogP) is -0.338. The van der Waals surface area contributed by atoms with Crippen LogP contribution in [0.15, 0.2) is 0 Å². The number of hydrogen-bond donors (Lipinski definition) is 2. The maximum absolute atomic E-state index is 9.19. The van der Waals surface area contributed by atoms with E-state index in [0.717, 1.165) is 19.4 Å². The summed E-state index contributed by atoms with van der Waals surface area (Å²) in [6.45, 7) is 1.03. The van der Waals surface area contributed by atoms with Gasteiger partial charge in [0, 0.05) is 6.61 Å². The Morgan fingerprint density at radius 2 is 2.08 bits per heavy atom. The third-order valence-corrected chi connectivity index (χ3v) is 1.23. The maximum Gasteiger partial charge on any atom is 0.261 e. The Bertz CT molecular complexity index is 184. The van der Waals surface area contributed by atoms with Gasteiger partial charge in [0.25, 0.3) is 10.1 Å². The SMILES string of the molecule is CS(=O)(=O)O.OC[C@H]1CCCO1. The molecule has 1 atom stereocenters. The van der Waals surface area contributed by atoms with Crippen LogP contribution in [-0.2, 0) is 14.9 Å². The summed E-state index contributed by atoms with van der Waals surface area (Å²) in [5.74, 6) is 0. The molecule has 1 aliphatic heterocycles. The Kier molecular flexibility index (Phi) is 5.39. The number of aliphatic hydroxyl groups excluding tert-OH is 1. The quantitative estimate of drug-likeness (QED) is 0.563. The standard InChI is InChI=1S/C5H10O2.CH4O3S/c6-4-5-2-1-3-7-5;1-5(2,3)4/h5-6H,1-4H2;1H3,(H,2,3,4)/t5-;/m1./s1. The van der Waals surface area contributed by atoms with Crippen molar-refractivity contribution in [3.63, 3.8) is 0 Å². The molecule has 1 aliphatic rings. The first kappa shape index (κ1) is 11.8. The second-order valence-corrected chi connectivity index (χ2v) is 4.02. The summed E-state index contributed by atoms with van der Waals surface area (Å²) in [4.78, 5) is 0. The molecule has 0 aromatic rings. The summed E-state index contributed by atoms with van der Waals surface area (Å²) < 4.78 is 30.9. The first-order valence-corrected chi connectivity index (χ1v) is 5.43. The zero-order chi connectivity index (χ0) is 9.61. The molecule has 2 N–H and O–H groups in total. The monoisotopic (exact) mass is 198 g/mol. The van der Waals surface area contributed by atoms with E-state index in [9.17, 15) is 8.42 Å². The molecule has 0 spiro atoms. The van der Waals surface area contributed by atoms with Crippen molar-refractivity contribution in [2.75, 3.05) is 19.5 Å². The minimum Gasteiger partial charge on any atom is -0.394 e. The normalized spacial score (nSPS) is 23.1. The fourth-order valence-corrected chi connectivity index (χ4v) is 0.788. The highest BCUT2D eigenvalue weighted by Gasteiger charge is 2.12. The molecule has 0 radical (unpaired) electrons. The molecule has 1 rings (SSSR count). The lowest BCUT2D eigenvalue weighted by molar-refractivity contribution is 0.0591. The highest BCUT2D eigenvalue weighted by atomic mass is 32.2. The van der Waals surface area contributed by atoms with E-state index in [1.165, 1.54) is 0 Å². The topological polar surface area (TPSA) is 83.8 Å². The van der Waals surface area contributed by atoms with Crippen LogP contribution in [0, 0.1) is 0 Å². The zero-order valence-electron chi connectivity index (χ0n) is 6.93. The van der Waals surface area contributed by atoms with E-state index in [1.54, 1.807) is 0 Å². The smallest absolute Gasteiger partial charge is 0.261 e. The fraction of sp³-hybridized carbons (Fsp3) is 1.00. The second-order valence-electron chi connectivity index (χ2n) is 2.55. The van der Waals surface area contributed by atoms with Gasteiger partial charge in [-0.25, -0.2) is 0 Å². The minimum absolute atomic E-state index is 0.153. The third-order valence-electron chi connectivity index (χ3n) is 1.23. The zero-order valence-corrected chi connectivity index (χ0v) is 7.75. The lowest BCUT2D eigenvalue weighted by Gasteiger charge is -2.00. The molecule has 1 saturated heterocycles. The molecular weight excluding hydrogens is 184 g/mol. The first-order chi connectivity index (χ1) is 5.43. The van der Waals surface area contributed by atoms with Crippen LogP contribution in [0.3, 0.4) is 0 Å². The minimum atomic E-state index is -3.67. The third kappa shape index (κ3) is 9.83. The summed E-state index contributed by atoms with van der Waals surface area (Å²) in [5.41, 5.74) is 0. The molecule has 0 aromatic carbocycles. The van der Waals surface area contributed by atoms with Gasteiger partial charge in [0.1, 0.15) is 0 Å². The van der Waals surface area contributed by atoms with Crippen LogP contribution in [0.5, 0.6) is 0 Å². The van der Waals surface area contributed by atoms with Crippen molar-refractivity contribution in [3.8, 4) is 0 Å². The van der Waals surface area contributed by atoms with Crippen LogP contribution in [0.2, 0.25) is 0 Å². The summed E-state index contributed by atoms with van der Waals surface area (Å²) in [5, 5.41) is 8.44. The molecule has 74 valence electrons. The van der Waals surface area contributed by atoms with Gasteiger partial charge in [-0.15, -0.1) is 0 Å². The van der Waals surface area contributed by atoms with Gasteiger partial charge in [-0.05, 0) is 12.8 Å². The van der Waals surface area contributed by atoms with Crippen molar-refractivity contribution >= 4 is 10.1 Å². The van der Waals surface area contributed by atoms with Gasteiger partial charge in [-0.3, -0.25) is 4.55 Å². The molecule has 0 bridgehead atoms. The van der Waals surface area contributed by atoms with Crippen LogP contribution in [-0.4, -0.2) is 43.7 Å². The Hall–Kier alpha value is -0.170. The molecule has 6 heteroatoms. The second kappa shape index (κ2) is 5.47. The van der Waals surface area contributed by atoms with Crippen LogP contribution < -0.4 is 0 Å². The summed E-state index contributed by atoms with van der Waals surface area (Å²) >= 11 is 0. The van der Waals surface area contributed by atoms with Gasteiger partial charge >= 0.3 is 0 Å². The fourth-order valence-electron chi connectivity index (χ4n) is 0.788. The maximum atomic E-state index is 9.19. The number of ether oxygens (including phenoxy) is 1. The molecule has 1 fully saturated rings. The van der Waals surface area contributed by atoms with Crippen molar-refractivity contribution in [3.05, 3.63) is 0 Å². The van der Waals surface area contributed by atoms with E-state index in [2.05, 4.69) is 0 Å². The molecule has 1 heterocycles. The Morgan fingerprint density at radius 1 is 1.58 bits per heavy atom. The predicted molar refractivity (Wildman–Crippen MR) is 43.5 cm³/mol. The van der Waals surface area contributed by atoms with Crippen molar-refractivity contribution in [2.45, 2.75) is 18.9 Å². The summed E-state index contributed by atoms with van der Waals surface area (Å²) in [7, 11) is -3.67. The average Bonchev–Trinajstić information content (AvgIpc) is 2.33. The van der Waals surface area contributed by atoms with Gasteiger partial charge in [-0.2, -0.15) is 8.42 Å². The van der Waals surface area contributed by atoms with Crippen molar-refractivity contribution in [2.24, 2.45) is 0 Å². The van der Waals surface area contributed by atoms with Gasteiger partial charge in [0.2, 0.25) is 0 Å². The van der Waals surface area contributed by atoms with Crippen LogP contribution in [0.25, 0.3) is 0 Å². The van der Waals surface area contributed by atoms with E-state index in [1.807, 2.05) is 0 Å². The van der Waals surface area contributed by atoms with E-state index >= 15 is 0 Å². The molecule has 0 amide bonds. The van der Waals surface area contributed by atoms with Crippen LogP contribution >= 0.6 is 0 Å². The highest BCUT2D eigenvalue weighted by molar-refractivity contribution is 7.85. The van der Waals surface area contributed by atoms with Crippen molar-refractivity contribution < 1.29 is 22.8 Å². The van der Waals surface area contributed by atoms with Crippen molar-refractivity contribution in [1.29, 1.82) is 0 Å². The molecule has 0 aliphatic carbocycles. The lowest BCUT2D eigenvalue weighted by Crippen LogP contribution is -2.09. The average molecular weight is 198 g/mol. The van der Waals surface area contributed by atoms with Crippen LogP contribution in [0.4, 0.5) is 0 Å². The Morgan fingerprint density at radius 3 is 2.25 bits per heavy atom. The van der Waals surface area contributed by atoms with Gasteiger partial charge in [0.15, 0.2) is 0 Å². The molecule has 0 unspecified atom stereocenters. The van der Waals surface area contributed by atoms with Gasteiger partial charge in [-0.1, -0.05) is 0 Å². The van der Waals surface area contributed by atoms with Crippen LogP contribution in [0.1, 0.15) is 12.8 Å². The van der Waals surface area contributed by atoms with E-state index in [0.29, 0.717) is 6.26 Å².